The van der Waals surface area contributed by atoms with Gasteiger partial charge < -0.3 is 20.1 Å². The number of anilines is 1. The first-order valence-electron chi connectivity index (χ1n) is 12.1. The third-order valence-electron chi connectivity index (χ3n) is 5.90. The fourth-order valence-electron chi connectivity index (χ4n) is 3.97. The molecule has 194 valence electrons. The Morgan fingerprint density at radius 3 is 2.36 bits per heavy atom. The number of carbonyl (C=O) groups excluding carboxylic acids is 3. The van der Waals surface area contributed by atoms with Gasteiger partial charge >= 0.3 is 6.09 Å². The number of pyridine rings is 1. The van der Waals surface area contributed by atoms with Gasteiger partial charge in [0, 0.05) is 36.6 Å². The van der Waals surface area contributed by atoms with Gasteiger partial charge in [0.15, 0.2) is 0 Å². The zero-order valence-electron chi connectivity index (χ0n) is 21.0. The molecule has 0 saturated heterocycles. The minimum Gasteiger partial charge on any atom is -0.457 e. The Kier molecular flexibility index (Phi) is 7.31. The number of para-hydroxylation sites is 1. The second-order valence-corrected chi connectivity index (χ2v) is 8.51. The van der Waals surface area contributed by atoms with E-state index in [1.165, 1.54) is 30.1 Å². The van der Waals surface area contributed by atoms with Crippen molar-refractivity contribution in [2.24, 2.45) is 0 Å². The van der Waals surface area contributed by atoms with Crippen LogP contribution in [0.1, 0.15) is 26.4 Å². The Balaban J connectivity index is 1.29. The highest BCUT2D eigenvalue weighted by atomic mass is 16.5. The first kappa shape index (κ1) is 25.2. The number of nitrogens with one attached hydrogen (secondary N) is 2. The largest absolute Gasteiger partial charge is 0.457 e. The Hall–Kier alpha value is -5.44. The standard InChI is InChI=1S/C30H24N4O5/c1-31-29(36)26-17-23(15-16-32-26)39-22-13-11-21(12-14-22)33-28(35)25-18-34(27-10-6-5-9-24(25)27)30(37)38-19-20-7-3-2-4-8-20/h2-18H,19H2,1H3,(H,31,36)(H,33,35). The van der Waals surface area contributed by atoms with Crippen LogP contribution >= 0.6 is 0 Å². The lowest BCUT2D eigenvalue weighted by Crippen LogP contribution is -2.18. The van der Waals surface area contributed by atoms with Gasteiger partial charge in [-0.25, -0.2) is 4.79 Å². The number of aromatic nitrogens is 2. The topological polar surface area (TPSA) is 112 Å². The van der Waals surface area contributed by atoms with Crippen molar-refractivity contribution in [3.63, 3.8) is 0 Å². The summed E-state index contributed by atoms with van der Waals surface area (Å²) in [4.78, 5) is 41.9. The van der Waals surface area contributed by atoms with E-state index in [9.17, 15) is 14.4 Å². The number of fused-ring (bicyclic) bond motifs is 1. The fourth-order valence-corrected chi connectivity index (χ4v) is 3.97. The lowest BCUT2D eigenvalue weighted by Gasteiger charge is -2.09. The third kappa shape index (κ3) is 5.78. The van der Waals surface area contributed by atoms with Crippen molar-refractivity contribution in [3.8, 4) is 11.5 Å². The normalized spacial score (nSPS) is 10.6. The van der Waals surface area contributed by atoms with E-state index < -0.39 is 6.09 Å². The molecule has 0 aliphatic heterocycles. The number of benzene rings is 3. The molecule has 2 N–H and O–H groups in total. The molecule has 0 spiro atoms. The maximum Gasteiger partial charge on any atom is 0.418 e. The van der Waals surface area contributed by atoms with E-state index in [2.05, 4.69) is 15.6 Å². The molecule has 0 fully saturated rings. The van der Waals surface area contributed by atoms with E-state index in [1.54, 1.807) is 54.6 Å². The Labute approximate surface area is 224 Å². The highest BCUT2D eigenvalue weighted by Crippen LogP contribution is 2.26. The smallest absolute Gasteiger partial charge is 0.418 e. The molecule has 0 aliphatic rings. The van der Waals surface area contributed by atoms with Crippen molar-refractivity contribution >= 4 is 34.5 Å². The quantitative estimate of drug-likeness (QED) is 0.288. The molecule has 9 heteroatoms. The predicted octanol–water partition coefficient (Wildman–Crippen LogP) is 5.63. The van der Waals surface area contributed by atoms with Crippen molar-refractivity contribution in [1.29, 1.82) is 0 Å². The average Bonchev–Trinajstić information content (AvgIpc) is 3.37. The summed E-state index contributed by atoms with van der Waals surface area (Å²) < 4.78 is 12.6. The number of hydrogen-bond acceptors (Lipinski definition) is 6. The molecular weight excluding hydrogens is 496 g/mol. The van der Waals surface area contributed by atoms with E-state index in [0.717, 1.165) is 5.56 Å². The highest BCUT2D eigenvalue weighted by Gasteiger charge is 2.19. The van der Waals surface area contributed by atoms with Crippen LogP contribution in [-0.2, 0) is 11.3 Å². The molecule has 2 aromatic heterocycles. The lowest BCUT2D eigenvalue weighted by molar-refractivity contribution is 0.0956. The van der Waals surface area contributed by atoms with Crippen LogP contribution in [0.2, 0.25) is 0 Å². The summed E-state index contributed by atoms with van der Waals surface area (Å²) in [5, 5.41) is 6.00. The molecular formula is C30H24N4O5. The van der Waals surface area contributed by atoms with Crippen LogP contribution in [0, 0.1) is 0 Å². The molecule has 5 aromatic rings. The van der Waals surface area contributed by atoms with Gasteiger partial charge in [0.2, 0.25) is 0 Å². The van der Waals surface area contributed by atoms with Gasteiger partial charge in [0.1, 0.15) is 23.8 Å². The van der Waals surface area contributed by atoms with E-state index in [-0.39, 0.29) is 24.1 Å². The van der Waals surface area contributed by atoms with Gasteiger partial charge in [-0.3, -0.25) is 19.1 Å². The van der Waals surface area contributed by atoms with E-state index in [4.69, 9.17) is 9.47 Å². The van der Waals surface area contributed by atoms with Crippen LogP contribution in [0.5, 0.6) is 11.5 Å². The van der Waals surface area contributed by atoms with Crippen LogP contribution in [0.3, 0.4) is 0 Å². The summed E-state index contributed by atoms with van der Waals surface area (Å²) in [7, 11) is 1.53. The van der Waals surface area contributed by atoms with Crippen molar-refractivity contribution in [3.05, 3.63) is 120 Å². The number of nitrogens with zero attached hydrogens (tertiary/aromatic N) is 2. The van der Waals surface area contributed by atoms with E-state index >= 15 is 0 Å². The lowest BCUT2D eigenvalue weighted by atomic mass is 10.1. The van der Waals surface area contributed by atoms with Crippen LogP contribution in [0.25, 0.3) is 10.9 Å². The highest BCUT2D eigenvalue weighted by molar-refractivity contribution is 6.14. The van der Waals surface area contributed by atoms with Gasteiger partial charge in [-0.1, -0.05) is 48.5 Å². The summed E-state index contributed by atoms with van der Waals surface area (Å²) in [6, 6.07) is 26.5. The van der Waals surface area contributed by atoms with Crippen molar-refractivity contribution in [2.45, 2.75) is 6.61 Å². The number of ether oxygens (including phenoxy) is 2. The number of amides is 2. The molecule has 0 saturated carbocycles. The SMILES string of the molecule is CNC(=O)c1cc(Oc2ccc(NC(=O)c3cn(C(=O)OCc4ccccc4)c4ccccc34)cc2)ccn1. The van der Waals surface area contributed by atoms with Gasteiger partial charge in [-0.2, -0.15) is 0 Å². The summed E-state index contributed by atoms with van der Waals surface area (Å²) >= 11 is 0. The number of carbonyl (C=O) groups is 3. The van der Waals surface area contributed by atoms with Gasteiger partial charge in [-0.05, 0) is 42.0 Å². The zero-order chi connectivity index (χ0) is 27.2. The maximum atomic E-state index is 13.2. The molecule has 3 aromatic carbocycles. The Morgan fingerprint density at radius 1 is 0.846 bits per heavy atom. The molecule has 0 bridgehead atoms. The van der Waals surface area contributed by atoms with Crippen molar-refractivity contribution in [2.75, 3.05) is 12.4 Å². The number of rotatable bonds is 7. The molecule has 39 heavy (non-hydrogen) atoms. The molecule has 2 heterocycles. The minimum atomic E-state index is -0.578. The van der Waals surface area contributed by atoms with E-state index in [0.29, 0.717) is 33.7 Å². The summed E-state index contributed by atoms with van der Waals surface area (Å²) in [6.07, 6.45) is 2.40. The monoisotopic (exact) mass is 520 g/mol. The van der Waals surface area contributed by atoms with Crippen LogP contribution in [0.4, 0.5) is 10.5 Å². The van der Waals surface area contributed by atoms with Crippen molar-refractivity contribution < 1.29 is 23.9 Å². The third-order valence-corrected chi connectivity index (χ3v) is 5.90. The molecule has 9 nitrogen and oxygen atoms in total. The average molecular weight is 521 g/mol. The first-order valence-corrected chi connectivity index (χ1v) is 12.1. The van der Waals surface area contributed by atoms with E-state index in [1.807, 2.05) is 30.3 Å². The zero-order valence-corrected chi connectivity index (χ0v) is 21.0. The Morgan fingerprint density at radius 2 is 1.59 bits per heavy atom. The summed E-state index contributed by atoms with van der Waals surface area (Å²) in [6.45, 7) is 0.120. The molecule has 0 unspecified atom stereocenters. The van der Waals surface area contributed by atoms with Gasteiger partial charge in [0.05, 0.1) is 11.1 Å². The van der Waals surface area contributed by atoms with Gasteiger partial charge in [-0.15, -0.1) is 0 Å². The molecule has 0 aliphatic carbocycles. The molecule has 5 rings (SSSR count). The van der Waals surface area contributed by atoms with Crippen LogP contribution in [0.15, 0.2) is 103 Å². The predicted molar refractivity (Wildman–Crippen MR) is 146 cm³/mol. The second-order valence-electron chi connectivity index (χ2n) is 8.51. The summed E-state index contributed by atoms with van der Waals surface area (Å²) in [5.74, 6) is 0.273. The summed E-state index contributed by atoms with van der Waals surface area (Å²) in [5.41, 5.74) is 2.54. The first-order chi connectivity index (χ1) is 19.0. The second kappa shape index (κ2) is 11.3. The van der Waals surface area contributed by atoms with Gasteiger partial charge in [0.25, 0.3) is 11.8 Å². The maximum absolute atomic E-state index is 13.2. The number of hydrogen-bond donors (Lipinski definition) is 2. The molecule has 0 radical (unpaired) electrons. The Bertz CT molecular complexity index is 1650. The molecule has 0 atom stereocenters. The van der Waals surface area contributed by atoms with Crippen LogP contribution < -0.4 is 15.4 Å². The minimum absolute atomic E-state index is 0.120. The molecule has 2 amide bonds. The van der Waals surface area contributed by atoms with Crippen molar-refractivity contribution in [1.82, 2.24) is 14.9 Å². The van der Waals surface area contributed by atoms with Crippen LogP contribution in [-0.4, -0.2) is 34.5 Å². The fraction of sp³-hybridized carbons (Fsp3) is 0.0667.